The van der Waals surface area contributed by atoms with Crippen molar-refractivity contribution in [1.82, 2.24) is 4.90 Å². The number of hydrogen-bond donors (Lipinski definition) is 1. The van der Waals surface area contributed by atoms with Crippen LogP contribution in [0.25, 0.3) is 0 Å². The summed E-state index contributed by atoms with van der Waals surface area (Å²) in [7, 11) is 0. The van der Waals surface area contributed by atoms with Crippen molar-refractivity contribution in [3.05, 3.63) is 0 Å². The lowest BCUT2D eigenvalue weighted by molar-refractivity contribution is -0.149. The van der Waals surface area contributed by atoms with Gasteiger partial charge in [-0.3, -0.25) is 4.79 Å². The first kappa shape index (κ1) is 11.9. The number of hydrogen-bond acceptors (Lipinski definition) is 3. The van der Waals surface area contributed by atoms with E-state index in [1.807, 2.05) is 0 Å². The summed E-state index contributed by atoms with van der Waals surface area (Å²) in [6, 6.07) is -0.686. The van der Waals surface area contributed by atoms with Crippen molar-refractivity contribution < 1.29 is 14.7 Å². The van der Waals surface area contributed by atoms with Crippen LogP contribution in [-0.2, 0) is 9.59 Å². The fourth-order valence-electron chi connectivity index (χ4n) is 1.43. The number of carboxylic acid groups (broad SMARTS) is 1. The molecule has 1 amide bonds. The Morgan fingerprint density at radius 2 is 2.33 bits per heavy atom. The van der Waals surface area contributed by atoms with Crippen molar-refractivity contribution >= 4 is 23.6 Å². The van der Waals surface area contributed by atoms with Gasteiger partial charge in [-0.2, -0.15) is 11.8 Å². The lowest BCUT2D eigenvalue weighted by Gasteiger charge is -2.32. The van der Waals surface area contributed by atoms with Crippen LogP contribution in [0, 0.1) is 12.3 Å². The lowest BCUT2D eigenvalue weighted by Crippen LogP contribution is -2.50. The number of carbonyl (C=O) groups excluding carboxylic acids is 1. The minimum atomic E-state index is -0.934. The second-order valence-corrected chi connectivity index (χ2v) is 4.37. The Bertz CT molecular complexity index is 298. The molecule has 0 bridgehead atoms. The highest BCUT2D eigenvalue weighted by atomic mass is 32.2. The van der Waals surface area contributed by atoms with Crippen molar-refractivity contribution in [2.75, 3.05) is 18.1 Å². The zero-order valence-electron chi connectivity index (χ0n) is 8.31. The van der Waals surface area contributed by atoms with Crippen LogP contribution in [-0.4, -0.2) is 46.0 Å². The van der Waals surface area contributed by atoms with E-state index in [4.69, 9.17) is 11.5 Å². The Morgan fingerprint density at radius 1 is 1.60 bits per heavy atom. The van der Waals surface area contributed by atoms with Gasteiger partial charge in [0.2, 0.25) is 5.91 Å². The molecule has 1 aliphatic heterocycles. The van der Waals surface area contributed by atoms with Crippen LogP contribution < -0.4 is 0 Å². The summed E-state index contributed by atoms with van der Waals surface area (Å²) in [6.07, 6.45) is 5.67. The Labute approximate surface area is 93.0 Å². The van der Waals surface area contributed by atoms with E-state index in [0.29, 0.717) is 18.7 Å². The number of rotatable bonds is 3. The number of terminal acetylenes is 1. The third-order valence-electron chi connectivity index (χ3n) is 2.22. The number of carbonyl (C=O) groups is 2. The molecule has 0 radical (unpaired) electrons. The van der Waals surface area contributed by atoms with E-state index in [-0.39, 0.29) is 12.3 Å². The average Bonchev–Trinajstić information content (AvgIpc) is 2.25. The van der Waals surface area contributed by atoms with Crippen molar-refractivity contribution in [2.45, 2.75) is 18.9 Å². The molecule has 1 atom stereocenters. The maximum Gasteiger partial charge on any atom is 0.327 e. The molecule has 1 N–H and O–H groups in total. The monoisotopic (exact) mass is 227 g/mol. The van der Waals surface area contributed by atoms with Crippen LogP contribution in [0.1, 0.15) is 12.8 Å². The molecular formula is C10H13NO3S. The molecule has 1 fully saturated rings. The molecule has 0 saturated carbocycles. The van der Waals surface area contributed by atoms with Crippen molar-refractivity contribution in [1.29, 1.82) is 0 Å². The molecule has 82 valence electrons. The van der Waals surface area contributed by atoms with Crippen LogP contribution in [0.5, 0.6) is 0 Å². The van der Waals surface area contributed by atoms with Crippen LogP contribution in [0.3, 0.4) is 0 Å². The van der Waals surface area contributed by atoms with Gasteiger partial charge in [0.15, 0.2) is 0 Å². The summed E-state index contributed by atoms with van der Waals surface area (Å²) in [5.41, 5.74) is 0. The first-order valence-electron chi connectivity index (χ1n) is 4.70. The van der Waals surface area contributed by atoms with Gasteiger partial charge in [0, 0.05) is 30.9 Å². The van der Waals surface area contributed by atoms with E-state index in [0.717, 1.165) is 5.75 Å². The van der Waals surface area contributed by atoms with Gasteiger partial charge in [-0.1, -0.05) is 0 Å². The zero-order chi connectivity index (χ0) is 11.3. The van der Waals surface area contributed by atoms with E-state index < -0.39 is 12.0 Å². The van der Waals surface area contributed by atoms with Gasteiger partial charge in [-0.05, 0) is 0 Å². The molecular weight excluding hydrogens is 214 g/mol. The number of thioether (sulfide) groups is 1. The van der Waals surface area contributed by atoms with E-state index in [2.05, 4.69) is 5.92 Å². The molecule has 0 spiro atoms. The smallest absolute Gasteiger partial charge is 0.327 e. The van der Waals surface area contributed by atoms with Crippen molar-refractivity contribution in [2.24, 2.45) is 0 Å². The first-order chi connectivity index (χ1) is 7.16. The zero-order valence-corrected chi connectivity index (χ0v) is 9.13. The molecule has 1 aliphatic rings. The molecule has 1 heterocycles. The summed E-state index contributed by atoms with van der Waals surface area (Å²) in [4.78, 5) is 24.0. The minimum Gasteiger partial charge on any atom is -0.480 e. The Kier molecular flexibility index (Phi) is 4.50. The SMILES string of the molecule is C#CCCC(=O)N1CCSCC1C(=O)O. The molecule has 15 heavy (non-hydrogen) atoms. The predicted molar refractivity (Wildman–Crippen MR) is 58.5 cm³/mol. The van der Waals surface area contributed by atoms with Crippen molar-refractivity contribution in [3.8, 4) is 12.3 Å². The van der Waals surface area contributed by atoms with Gasteiger partial charge in [0.1, 0.15) is 6.04 Å². The van der Waals surface area contributed by atoms with Gasteiger partial charge in [-0.15, -0.1) is 12.3 Å². The summed E-state index contributed by atoms with van der Waals surface area (Å²) < 4.78 is 0. The fourth-order valence-corrected chi connectivity index (χ4v) is 2.47. The normalized spacial score (nSPS) is 20.7. The third kappa shape index (κ3) is 3.17. The van der Waals surface area contributed by atoms with Gasteiger partial charge in [0.25, 0.3) is 0 Å². The molecule has 1 saturated heterocycles. The second kappa shape index (κ2) is 5.66. The van der Waals surface area contributed by atoms with Gasteiger partial charge in [-0.25, -0.2) is 4.79 Å². The van der Waals surface area contributed by atoms with Crippen LogP contribution >= 0.6 is 11.8 Å². The summed E-state index contributed by atoms with van der Waals surface area (Å²) in [5.74, 6) is 2.56. The molecule has 0 aromatic carbocycles. The standard InChI is InChI=1S/C10H13NO3S/c1-2-3-4-9(12)11-5-6-15-7-8(11)10(13)14/h1,8H,3-7H2,(H,13,14). The maximum atomic E-state index is 11.6. The lowest BCUT2D eigenvalue weighted by atomic mass is 10.2. The number of amides is 1. The molecule has 0 aromatic rings. The summed E-state index contributed by atoms with van der Waals surface area (Å²) in [5, 5.41) is 8.94. The number of aliphatic carboxylic acids is 1. The van der Waals surface area contributed by atoms with Gasteiger partial charge in [0.05, 0.1) is 0 Å². The van der Waals surface area contributed by atoms with E-state index in [1.165, 1.54) is 4.90 Å². The Hall–Kier alpha value is -1.15. The largest absolute Gasteiger partial charge is 0.480 e. The summed E-state index contributed by atoms with van der Waals surface area (Å²) >= 11 is 1.56. The predicted octanol–water partition coefficient (Wildman–Crippen LogP) is 0.428. The van der Waals surface area contributed by atoms with Crippen LogP contribution in [0.2, 0.25) is 0 Å². The topological polar surface area (TPSA) is 57.6 Å². The summed E-state index contributed by atoms with van der Waals surface area (Å²) in [6.45, 7) is 0.505. The highest BCUT2D eigenvalue weighted by Gasteiger charge is 2.31. The number of carboxylic acids is 1. The molecule has 0 aliphatic carbocycles. The maximum absolute atomic E-state index is 11.6. The Balaban J connectivity index is 2.60. The number of nitrogens with zero attached hydrogens (tertiary/aromatic N) is 1. The van der Waals surface area contributed by atoms with Gasteiger partial charge >= 0.3 is 5.97 Å². The Morgan fingerprint density at radius 3 is 2.93 bits per heavy atom. The molecule has 4 nitrogen and oxygen atoms in total. The molecule has 5 heteroatoms. The van der Waals surface area contributed by atoms with Crippen molar-refractivity contribution in [3.63, 3.8) is 0 Å². The van der Waals surface area contributed by atoms with E-state index >= 15 is 0 Å². The molecule has 0 aromatic heterocycles. The quantitative estimate of drug-likeness (QED) is 0.710. The fraction of sp³-hybridized carbons (Fsp3) is 0.600. The third-order valence-corrected chi connectivity index (χ3v) is 3.24. The van der Waals surface area contributed by atoms with E-state index in [1.54, 1.807) is 11.8 Å². The van der Waals surface area contributed by atoms with E-state index in [9.17, 15) is 9.59 Å². The van der Waals surface area contributed by atoms with Gasteiger partial charge < -0.3 is 10.0 Å². The highest BCUT2D eigenvalue weighted by molar-refractivity contribution is 7.99. The van der Waals surface area contributed by atoms with Crippen LogP contribution in [0.15, 0.2) is 0 Å². The minimum absolute atomic E-state index is 0.152. The average molecular weight is 227 g/mol. The first-order valence-corrected chi connectivity index (χ1v) is 5.85. The molecule has 1 rings (SSSR count). The van der Waals surface area contributed by atoms with Crippen LogP contribution in [0.4, 0.5) is 0 Å². The second-order valence-electron chi connectivity index (χ2n) is 3.22. The molecule has 1 unspecified atom stereocenters. The highest BCUT2D eigenvalue weighted by Crippen LogP contribution is 2.17.